The second-order valence-corrected chi connectivity index (χ2v) is 7.41. The van der Waals surface area contributed by atoms with Crippen molar-refractivity contribution >= 4 is 17.2 Å². The largest absolute Gasteiger partial charge is 0.399 e. The zero-order valence-electron chi connectivity index (χ0n) is 15.8. The Hall–Kier alpha value is -3.48. The molecule has 0 bridgehead atoms. The predicted molar refractivity (Wildman–Crippen MR) is 112 cm³/mol. The van der Waals surface area contributed by atoms with Gasteiger partial charge in [0, 0.05) is 29.7 Å². The fraction of sp³-hybridized carbons (Fsp3) is 0.227. The van der Waals surface area contributed by atoms with Crippen molar-refractivity contribution < 1.29 is 4.39 Å². The Morgan fingerprint density at radius 2 is 1.86 bits per heavy atom. The summed E-state index contributed by atoms with van der Waals surface area (Å²) in [5.74, 6) is 0.330. The highest BCUT2D eigenvalue weighted by Gasteiger charge is 2.20. The summed E-state index contributed by atoms with van der Waals surface area (Å²) < 4.78 is 15.2. The smallest absolute Gasteiger partial charge is 0.223 e. The fourth-order valence-corrected chi connectivity index (χ4v) is 3.94. The van der Waals surface area contributed by atoms with Gasteiger partial charge in [0.1, 0.15) is 11.5 Å². The molecule has 1 fully saturated rings. The first-order valence-corrected chi connectivity index (χ1v) is 9.81. The van der Waals surface area contributed by atoms with Crippen molar-refractivity contribution in [2.24, 2.45) is 0 Å². The van der Waals surface area contributed by atoms with Crippen LogP contribution in [-0.2, 0) is 0 Å². The van der Waals surface area contributed by atoms with Crippen molar-refractivity contribution in [3.05, 3.63) is 60.7 Å². The summed E-state index contributed by atoms with van der Waals surface area (Å²) in [6.07, 6.45) is 8.33. The van der Waals surface area contributed by atoms with Crippen LogP contribution in [-0.4, -0.2) is 25.6 Å². The highest BCUT2D eigenvalue weighted by atomic mass is 19.1. The van der Waals surface area contributed by atoms with Crippen LogP contribution >= 0.6 is 0 Å². The number of pyridine rings is 1. The molecule has 0 atom stereocenters. The highest BCUT2D eigenvalue weighted by molar-refractivity contribution is 5.91. The van der Waals surface area contributed by atoms with E-state index < -0.39 is 0 Å². The monoisotopic (exact) mass is 388 g/mol. The molecule has 0 radical (unpaired) electrons. The van der Waals surface area contributed by atoms with E-state index in [0.29, 0.717) is 17.7 Å². The summed E-state index contributed by atoms with van der Waals surface area (Å²) in [6.45, 7) is 0. The lowest BCUT2D eigenvalue weighted by Gasteiger charge is -2.12. The van der Waals surface area contributed by atoms with Crippen LogP contribution in [0.25, 0.3) is 28.0 Å². The van der Waals surface area contributed by atoms with Crippen LogP contribution in [0.5, 0.6) is 0 Å². The molecule has 0 aliphatic heterocycles. The molecular formula is C22H21FN6. The quantitative estimate of drug-likeness (QED) is 0.537. The van der Waals surface area contributed by atoms with Crippen LogP contribution in [0, 0.1) is 5.82 Å². The van der Waals surface area contributed by atoms with Crippen LogP contribution in [0.2, 0.25) is 0 Å². The zero-order chi connectivity index (χ0) is 19.8. The third-order valence-electron chi connectivity index (χ3n) is 5.38. The topological polar surface area (TPSA) is 81.1 Å². The van der Waals surface area contributed by atoms with Crippen LogP contribution in [0.3, 0.4) is 0 Å². The molecule has 29 heavy (non-hydrogen) atoms. The number of nitrogen functional groups attached to an aromatic ring is 1. The number of anilines is 2. The summed E-state index contributed by atoms with van der Waals surface area (Å²) in [6, 6.07) is 12.3. The van der Waals surface area contributed by atoms with E-state index in [1.54, 1.807) is 28.9 Å². The van der Waals surface area contributed by atoms with Gasteiger partial charge in [-0.25, -0.2) is 18.9 Å². The second-order valence-electron chi connectivity index (χ2n) is 7.41. The average molecular weight is 388 g/mol. The molecule has 3 aromatic heterocycles. The van der Waals surface area contributed by atoms with E-state index in [2.05, 4.69) is 10.3 Å². The zero-order valence-corrected chi connectivity index (χ0v) is 15.8. The minimum absolute atomic E-state index is 0.284. The van der Waals surface area contributed by atoms with Crippen LogP contribution < -0.4 is 11.1 Å². The van der Waals surface area contributed by atoms with E-state index in [4.69, 9.17) is 15.8 Å². The Morgan fingerprint density at radius 3 is 2.66 bits per heavy atom. The number of aromatic nitrogens is 4. The number of hydrogen-bond donors (Lipinski definition) is 2. The van der Waals surface area contributed by atoms with E-state index in [-0.39, 0.29) is 5.82 Å². The van der Waals surface area contributed by atoms with Gasteiger partial charge in [-0.1, -0.05) is 12.8 Å². The number of benzene rings is 1. The van der Waals surface area contributed by atoms with Gasteiger partial charge >= 0.3 is 0 Å². The number of hydrogen-bond acceptors (Lipinski definition) is 5. The summed E-state index contributed by atoms with van der Waals surface area (Å²) in [7, 11) is 0. The Balaban J connectivity index is 1.65. The third-order valence-corrected chi connectivity index (χ3v) is 5.38. The molecule has 1 aliphatic carbocycles. The molecule has 1 saturated carbocycles. The molecule has 4 aromatic rings. The number of rotatable bonds is 4. The molecule has 6 nitrogen and oxygen atoms in total. The molecule has 146 valence electrons. The Morgan fingerprint density at radius 1 is 1.07 bits per heavy atom. The van der Waals surface area contributed by atoms with Gasteiger partial charge in [-0.2, -0.15) is 5.10 Å². The lowest BCUT2D eigenvalue weighted by atomic mass is 10.0. The Kier molecular flexibility index (Phi) is 4.35. The number of nitrogens with one attached hydrogen (secondary N) is 1. The van der Waals surface area contributed by atoms with Gasteiger partial charge in [-0.3, -0.25) is 0 Å². The minimum Gasteiger partial charge on any atom is -0.399 e. The van der Waals surface area contributed by atoms with Crippen LogP contribution in [0.15, 0.2) is 54.9 Å². The van der Waals surface area contributed by atoms with Crippen molar-refractivity contribution in [2.75, 3.05) is 11.1 Å². The van der Waals surface area contributed by atoms with Gasteiger partial charge in [0.05, 0.1) is 16.8 Å². The molecule has 7 heteroatoms. The predicted octanol–water partition coefficient (Wildman–Crippen LogP) is 4.53. The molecule has 3 heterocycles. The van der Waals surface area contributed by atoms with E-state index in [9.17, 15) is 4.39 Å². The molecule has 0 amide bonds. The highest BCUT2D eigenvalue weighted by Crippen LogP contribution is 2.35. The number of nitrogens with zero attached hydrogens (tertiary/aromatic N) is 4. The molecule has 1 aromatic carbocycles. The molecule has 0 unspecified atom stereocenters. The molecular weight excluding hydrogens is 367 g/mol. The molecule has 5 rings (SSSR count). The first-order valence-electron chi connectivity index (χ1n) is 9.81. The molecule has 3 N–H and O–H groups in total. The van der Waals surface area contributed by atoms with E-state index in [0.717, 1.165) is 40.9 Å². The van der Waals surface area contributed by atoms with E-state index >= 15 is 0 Å². The maximum Gasteiger partial charge on any atom is 0.223 e. The van der Waals surface area contributed by atoms with E-state index in [1.807, 2.05) is 18.3 Å². The van der Waals surface area contributed by atoms with Gasteiger partial charge in [-0.05, 0) is 55.3 Å². The van der Waals surface area contributed by atoms with Crippen LogP contribution in [0.1, 0.15) is 25.7 Å². The lowest BCUT2D eigenvalue weighted by molar-refractivity contribution is 0.628. The van der Waals surface area contributed by atoms with Gasteiger partial charge in [0.25, 0.3) is 0 Å². The lowest BCUT2D eigenvalue weighted by Crippen LogP contribution is -2.16. The summed E-state index contributed by atoms with van der Waals surface area (Å²) in [4.78, 5) is 9.17. The van der Waals surface area contributed by atoms with Gasteiger partial charge in [0.2, 0.25) is 5.95 Å². The third kappa shape index (κ3) is 3.40. The first-order chi connectivity index (χ1) is 14.2. The van der Waals surface area contributed by atoms with Gasteiger partial charge < -0.3 is 11.1 Å². The van der Waals surface area contributed by atoms with Gasteiger partial charge in [-0.15, -0.1) is 0 Å². The normalized spacial score (nSPS) is 14.5. The SMILES string of the molecule is Nc1ccn2nc(-c3ccc(F)cc3)c(-c3ccnc(NC4CCCC4)n3)c2c1. The van der Waals surface area contributed by atoms with Crippen molar-refractivity contribution in [3.63, 3.8) is 0 Å². The van der Waals surface area contributed by atoms with Crippen molar-refractivity contribution in [1.82, 2.24) is 19.6 Å². The maximum absolute atomic E-state index is 13.5. The number of nitrogens with two attached hydrogens (primary N) is 1. The Labute approximate surface area is 167 Å². The minimum atomic E-state index is -0.284. The van der Waals surface area contributed by atoms with Gasteiger partial charge in [0.15, 0.2) is 0 Å². The number of halogens is 1. The van der Waals surface area contributed by atoms with Crippen LogP contribution in [0.4, 0.5) is 16.0 Å². The fourth-order valence-electron chi connectivity index (χ4n) is 3.94. The van der Waals surface area contributed by atoms with Crippen molar-refractivity contribution in [3.8, 4) is 22.5 Å². The van der Waals surface area contributed by atoms with Crippen molar-refractivity contribution in [1.29, 1.82) is 0 Å². The summed E-state index contributed by atoms with van der Waals surface area (Å²) in [5.41, 5.74) is 10.7. The second kappa shape index (κ2) is 7.16. The molecule has 0 spiro atoms. The van der Waals surface area contributed by atoms with E-state index in [1.165, 1.54) is 25.0 Å². The average Bonchev–Trinajstić information content (AvgIpc) is 3.36. The Bertz CT molecular complexity index is 1160. The maximum atomic E-state index is 13.5. The molecule has 0 saturated heterocycles. The summed E-state index contributed by atoms with van der Waals surface area (Å²) in [5, 5.41) is 8.17. The summed E-state index contributed by atoms with van der Waals surface area (Å²) >= 11 is 0. The molecule has 1 aliphatic rings. The number of fused-ring (bicyclic) bond motifs is 1. The standard InChI is InChI=1S/C22H21FN6/c23-15-7-5-14(6-8-15)21-20(19-13-16(24)10-12-29(19)28-21)18-9-11-25-22(27-18)26-17-3-1-2-4-17/h5-13,17H,1-4,24H2,(H,25,26,27). The first kappa shape index (κ1) is 17.6. The van der Waals surface area contributed by atoms with Crippen molar-refractivity contribution in [2.45, 2.75) is 31.7 Å².